The molecular formula is C22H20N4O2. The number of fused-ring (bicyclic) bond motifs is 1. The number of carbonyl (C=O) groups excluding carboxylic acids is 1. The molecule has 0 fully saturated rings. The van der Waals surface area contributed by atoms with Crippen LogP contribution in [0.5, 0.6) is 5.75 Å². The van der Waals surface area contributed by atoms with Crippen molar-refractivity contribution in [3.05, 3.63) is 90.1 Å². The minimum Gasteiger partial charge on any atom is -0.497 e. The molecule has 4 rings (SSSR count). The summed E-state index contributed by atoms with van der Waals surface area (Å²) in [5.41, 5.74) is 2.29. The summed E-state index contributed by atoms with van der Waals surface area (Å²) in [5.74, 6) is 1.33. The third kappa shape index (κ3) is 3.32. The molecule has 0 aliphatic carbocycles. The number of hydrogen-bond acceptors (Lipinski definition) is 4. The van der Waals surface area contributed by atoms with Crippen molar-refractivity contribution >= 4 is 16.8 Å². The van der Waals surface area contributed by atoms with E-state index in [1.807, 2.05) is 72.4 Å². The van der Waals surface area contributed by atoms with Crippen LogP contribution in [0.15, 0.2) is 73.2 Å². The van der Waals surface area contributed by atoms with Crippen molar-refractivity contribution in [3.8, 4) is 5.75 Å². The third-order valence-corrected chi connectivity index (χ3v) is 4.73. The standard InChI is InChI=1S/C22H20N4O2/c1-26-14-13-24-21(26)20(15-8-10-16(28-2)11-9-15)25-22(27)18-5-3-7-19-17(18)6-4-12-23-19/h3-14,20H,1-2H3,(H,25,27). The molecule has 0 saturated heterocycles. The number of pyridine rings is 1. The second-order valence-corrected chi connectivity index (χ2v) is 6.45. The number of ether oxygens (including phenoxy) is 1. The van der Waals surface area contributed by atoms with Crippen LogP contribution in [0.4, 0.5) is 0 Å². The first-order chi connectivity index (χ1) is 13.7. The number of methoxy groups -OCH3 is 1. The molecule has 2 aromatic heterocycles. The SMILES string of the molecule is COc1ccc(C(NC(=O)c2cccc3ncccc23)c2nccn2C)cc1. The largest absolute Gasteiger partial charge is 0.497 e. The molecule has 2 heterocycles. The summed E-state index contributed by atoms with van der Waals surface area (Å²) in [7, 11) is 3.54. The van der Waals surface area contributed by atoms with Gasteiger partial charge >= 0.3 is 0 Å². The number of amides is 1. The third-order valence-electron chi connectivity index (χ3n) is 4.73. The fraction of sp³-hybridized carbons (Fsp3) is 0.136. The van der Waals surface area contributed by atoms with E-state index in [0.29, 0.717) is 5.56 Å². The lowest BCUT2D eigenvalue weighted by Crippen LogP contribution is -2.31. The summed E-state index contributed by atoms with van der Waals surface area (Å²) in [4.78, 5) is 22.0. The van der Waals surface area contributed by atoms with Gasteiger partial charge in [-0.1, -0.05) is 24.3 Å². The molecule has 0 spiro atoms. The molecule has 0 aliphatic heterocycles. The summed E-state index contributed by atoms with van der Waals surface area (Å²) in [6.07, 6.45) is 5.30. The van der Waals surface area contributed by atoms with Crippen LogP contribution in [0.1, 0.15) is 27.8 Å². The Morgan fingerprint density at radius 2 is 1.86 bits per heavy atom. The molecule has 140 valence electrons. The van der Waals surface area contributed by atoms with Gasteiger partial charge in [0.2, 0.25) is 0 Å². The number of nitrogens with one attached hydrogen (secondary N) is 1. The Balaban J connectivity index is 1.73. The van der Waals surface area contributed by atoms with E-state index in [0.717, 1.165) is 28.0 Å². The number of carbonyl (C=O) groups is 1. The Labute approximate surface area is 162 Å². The van der Waals surface area contributed by atoms with Gasteiger partial charge in [0.05, 0.1) is 12.6 Å². The molecule has 0 bridgehead atoms. The van der Waals surface area contributed by atoms with Crippen LogP contribution in [-0.2, 0) is 7.05 Å². The number of hydrogen-bond donors (Lipinski definition) is 1. The van der Waals surface area contributed by atoms with Gasteiger partial charge in [0.25, 0.3) is 5.91 Å². The second-order valence-electron chi connectivity index (χ2n) is 6.45. The van der Waals surface area contributed by atoms with Crippen molar-refractivity contribution in [1.82, 2.24) is 19.9 Å². The summed E-state index contributed by atoms with van der Waals surface area (Å²) < 4.78 is 7.15. The van der Waals surface area contributed by atoms with Crippen molar-refractivity contribution in [2.24, 2.45) is 7.05 Å². The summed E-state index contributed by atoms with van der Waals surface area (Å²) >= 11 is 0. The monoisotopic (exact) mass is 372 g/mol. The average Bonchev–Trinajstić information content (AvgIpc) is 3.17. The van der Waals surface area contributed by atoms with Crippen molar-refractivity contribution in [1.29, 1.82) is 0 Å². The first-order valence-corrected chi connectivity index (χ1v) is 8.93. The van der Waals surface area contributed by atoms with Crippen molar-refractivity contribution < 1.29 is 9.53 Å². The lowest BCUT2D eigenvalue weighted by Gasteiger charge is -2.20. The van der Waals surface area contributed by atoms with E-state index in [1.54, 1.807) is 19.5 Å². The Hall–Kier alpha value is -3.67. The Kier molecular flexibility index (Phi) is 4.76. The van der Waals surface area contributed by atoms with Gasteiger partial charge in [0.15, 0.2) is 0 Å². The van der Waals surface area contributed by atoms with Gasteiger partial charge in [0, 0.05) is 36.6 Å². The van der Waals surface area contributed by atoms with E-state index in [2.05, 4.69) is 15.3 Å². The number of imidazole rings is 1. The van der Waals surface area contributed by atoms with Gasteiger partial charge < -0.3 is 14.6 Å². The van der Waals surface area contributed by atoms with Crippen LogP contribution in [-0.4, -0.2) is 27.6 Å². The fourth-order valence-corrected chi connectivity index (χ4v) is 3.26. The van der Waals surface area contributed by atoms with Crippen molar-refractivity contribution in [3.63, 3.8) is 0 Å². The number of aromatic nitrogens is 3. The quantitative estimate of drug-likeness (QED) is 0.582. The maximum atomic E-state index is 13.2. The van der Waals surface area contributed by atoms with Crippen LogP contribution in [0.3, 0.4) is 0 Å². The molecule has 28 heavy (non-hydrogen) atoms. The molecule has 2 aromatic carbocycles. The van der Waals surface area contributed by atoms with Crippen LogP contribution in [0, 0.1) is 0 Å². The maximum Gasteiger partial charge on any atom is 0.252 e. The lowest BCUT2D eigenvalue weighted by molar-refractivity contribution is 0.0943. The van der Waals surface area contributed by atoms with Gasteiger partial charge in [-0.05, 0) is 35.9 Å². The normalized spacial score (nSPS) is 11.9. The molecule has 4 aromatic rings. The zero-order chi connectivity index (χ0) is 19.5. The smallest absolute Gasteiger partial charge is 0.252 e. The highest BCUT2D eigenvalue weighted by Crippen LogP contribution is 2.24. The molecule has 6 nitrogen and oxygen atoms in total. The molecule has 1 atom stereocenters. The van der Waals surface area contributed by atoms with E-state index in [-0.39, 0.29) is 5.91 Å². The van der Waals surface area contributed by atoms with E-state index in [9.17, 15) is 4.79 Å². The minimum absolute atomic E-state index is 0.178. The Bertz CT molecular complexity index is 1110. The summed E-state index contributed by atoms with van der Waals surface area (Å²) in [6, 6.07) is 16.5. The zero-order valence-corrected chi connectivity index (χ0v) is 15.7. The van der Waals surface area contributed by atoms with Crippen LogP contribution in [0.2, 0.25) is 0 Å². The molecule has 0 radical (unpaired) electrons. The van der Waals surface area contributed by atoms with Gasteiger partial charge in [-0.15, -0.1) is 0 Å². The maximum absolute atomic E-state index is 13.2. The Morgan fingerprint density at radius 1 is 1.04 bits per heavy atom. The lowest BCUT2D eigenvalue weighted by atomic mass is 10.0. The number of rotatable bonds is 5. The molecule has 0 saturated carbocycles. The van der Waals surface area contributed by atoms with E-state index < -0.39 is 6.04 Å². The van der Waals surface area contributed by atoms with Crippen LogP contribution in [0.25, 0.3) is 10.9 Å². The number of nitrogens with zero attached hydrogens (tertiary/aromatic N) is 3. The predicted octanol–water partition coefficient (Wildman–Crippen LogP) is 3.50. The highest BCUT2D eigenvalue weighted by molar-refractivity contribution is 6.06. The van der Waals surface area contributed by atoms with Crippen LogP contribution >= 0.6 is 0 Å². The Morgan fingerprint density at radius 3 is 2.57 bits per heavy atom. The molecule has 1 amide bonds. The summed E-state index contributed by atoms with van der Waals surface area (Å²) in [5, 5.41) is 3.95. The number of aryl methyl sites for hydroxylation is 1. The highest BCUT2D eigenvalue weighted by atomic mass is 16.5. The zero-order valence-electron chi connectivity index (χ0n) is 15.7. The van der Waals surface area contributed by atoms with E-state index >= 15 is 0 Å². The van der Waals surface area contributed by atoms with Crippen LogP contribution < -0.4 is 10.1 Å². The number of benzene rings is 2. The van der Waals surface area contributed by atoms with Crippen molar-refractivity contribution in [2.75, 3.05) is 7.11 Å². The van der Waals surface area contributed by atoms with Gasteiger partial charge in [0.1, 0.15) is 17.6 Å². The minimum atomic E-state index is -0.398. The molecule has 6 heteroatoms. The van der Waals surface area contributed by atoms with E-state index in [1.165, 1.54) is 0 Å². The summed E-state index contributed by atoms with van der Waals surface area (Å²) in [6.45, 7) is 0. The highest BCUT2D eigenvalue weighted by Gasteiger charge is 2.22. The fourth-order valence-electron chi connectivity index (χ4n) is 3.26. The predicted molar refractivity (Wildman–Crippen MR) is 107 cm³/mol. The van der Waals surface area contributed by atoms with Gasteiger partial charge in [-0.2, -0.15) is 0 Å². The van der Waals surface area contributed by atoms with Gasteiger partial charge in [-0.25, -0.2) is 4.98 Å². The second kappa shape index (κ2) is 7.52. The first-order valence-electron chi connectivity index (χ1n) is 8.93. The molecule has 1 unspecified atom stereocenters. The van der Waals surface area contributed by atoms with E-state index in [4.69, 9.17) is 4.74 Å². The molecular weight excluding hydrogens is 352 g/mol. The average molecular weight is 372 g/mol. The first kappa shape index (κ1) is 17.7. The molecule has 1 N–H and O–H groups in total. The topological polar surface area (TPSA) is 69.0 Å². The molecule has 0 aliphatic rings. The van der Waals surface area contributed by atoms with Crippen molar-refractivity contribution in [2.45, 2.75) is 6.04 Å². The van der Waals surface area contributed by atoms with Gasteiger partial charge in [-0.3, -0.25) is 9.78 Å².